The van der Waals surface area contributed by atoms with Gasteiger partial charge in [-0.1, -0.05) is 0 Å². The van der Waals surface area contributed by atoms with Gasteiger partial charge < -0.3 is 16.0 Å². The van der Waals surface area contributed by atoms with Crippen LogP contribution < -0.4 is 16.0 Å². The van der Waals surface area contributed by atoms with Crippen LogP contribution in [0.5, 0.6) is 0 Å². The molecule has 3 aliphatic carbocycles. The highest BCUT2D eigenvalue weighted by molar-refractivity contribution is 7.17. The molecule has 184 valence electrons. The molecule has 3 aromatic heterocycles. The standard InChI is InChI=1S/C24H30N8O2S/c1-13-9-19(31(2)30-13)27-24-29-26-12-32(24)16-7-8-18-17(10-16)20(22(34)25-11-14-3-4-14)23(35-18)28-21(33)15-5-6-15/h9,12,14-16H,3-8,10-11H2,1-2H3,(H,25,34)(H,27,29)(H,28,33). The fourth-order valence-corrected chi connectivity index (χ4v) is 6.02. The second kappa shape index (κ2) is 8.78. The fraction of sp³-hybridized carbons (Fsp3) is 0.542. The lowest BCUT2D eigenvalue weighted by Crippen LogP contribution is -2.28. The Morgan fingerprint density at radius 2 is 2.03 bits per heavy atom. The number of aromatic nitrogens is 5. The number of carbonyl (C=O) groups is 2. The average Bonchev–Trinajstić information content (AvgIpc) is 3.74. The van der Waals surface area contributed by atoms with E-state index in [1.54, 1.807) is 22.3 Å². The largest absolute Gasteiger partial charge is 0.352 e. The zero-order valence-corrected chi connectivity index (χ0v) is 20.8. The minimum Gasteiger partial charge on any atom is -0.352 e. The number of amides is 2. The van der Waals surface area contributed by atoms with Crippen LogP contribution in [0.1, 0.15) is 64.6 Å². The molecule has 3 aromatic rings. The second-order valence-electron chi connectivity index (χ2n) is 10.0. The van der Waals surface area contributed by atoms with Gasteiger partial charge in [-0.2, -0.15) is 5.10 Å². The summed E-state index contributed by atoms with van der Waals surface area (Å²) in [6, 6.07) is 2.07. The van der Waals surface area contributed by atoms with E-state index in [4.69, 9.17) is 0 Å². The van der Waals surface area contributed by atoms with Crippen molar-refractivity contribution in [3.63, 3.8) is 0 Å². The maximum absolute atomic E-state index is 13.3. The lowest BCUT2D eigenvalue weighted by Gasteiger charge is -2.25. The quantitative estimate of drug-likeness (QED) is 0.442. The maximum atomic E-state index is 13.3. The van der Waals surface area contributed by atoms with E-state index in [1.807, 2.05) is 20.0 Å². The van der Waals surface area contributed by atoms with Gasteiger partial charge in [0.2, 0.25) is 11.9 Å². The Labute approximate surface area is 207 Å². The molecule has 2 saturated carbocycles. The summed E-state index contributed by atoms with van der Waals surface area (Å²) in [6.07, 6.45) is 8.40. The van der Waals surface area contributed by atoms with E-state index >= 15 is 0 Å². The monoisotopic (exact) mass is 494 g/mol. The number of fused-ring (bicyclic) bond motifs is 1. The number of anilines is 3. The van der Waals surface area contributed by atoms with Crippen molar-refractivity contribution in [2.45, 2.75) is 57.9 Å². The van der Waals surface area contributed by atoms with E-state index in [-0.39, 0.29) is 23.8 Å². The molecule has 0 aromatic carbocycles. The molecule has 2 amide bonds. The Balaban J connectivity index is 1.27. The lowest BCUT2D eigenvalue weighted by molar-refractivity contribution is -0.117. The third kappa shape index (κ3) is 4.56. The smallest absolute Gasteiger partial charge is 0.254 e. The number of thiophene rings is 1. The molecule has 3 heterocycles. The normalized spacial score (nSPS) is 19.3. The van der Waals surface area contributed by atoms with Crippen molar-refractivity contribution >= 4 is 39.9 Å². The van der Waals surface area contributed by atoms with Crippen LogP contribution in [0, 0.1) is 18.8 Å². The SMILES string of the molecule is Cc1cc(Nc2nncn2C2CCc3sc(NC(=O)C4CC4)c(C(=O)NCC4CC4)c3C2)n(C)n1. The molecule has 0 spiro atoms. The van der Waals surface area contributed by atoms with Gasteiger partial charge in [-0.05, 0) is 63.4 Å². The van der Waals surface area contributed by atoms with Crippen LogP contribution >= 0.6 is 11.3 Å². The number of carbonyl (C=O) groups excluding carboxylic acids is 2. The molecule has 11 heteroatoms. The summed E-state index contributed by atoms with van der Waals surface area (Å²) in [4.78, 5) is 27.1. The van der Waals surface area contributed by atoms with Gasteiger partial charge in [-0.3, -0.25) is 18.8 Å². The molecule has 10 nitrogen and oxygen atoms in total. The number of hydrogen-bond acceptors (Lipinski definition) is 7. The molecule has 0 radical (unpaired) electrons. The molecule has 3 N–H and O–H groups in total. The fourth-order valence-electron chi connectivity index (χ4n) is 4.78. The number of nitrogens with one attached hydrogen (secondary N) is 3. The maximum Gasteiger partial charge on any atom is 0.254 e. The van der Waals surface area contributed by atoms with Crippen molar-refractivity contribution in [2.24, 2.45) is 18.9 Å². The first-order valence-electron chi connectivity index (χ1n) is 12.4. The van der Waals surface area contributed by atoms with E-state index in [0.717, 1.165) is 42.8 Å². The summed E-state index contributed by atoms with van der Waals surface area (Å²) in [5.41, 5.74) is 2.61. The van der Waals surface area contributed by atoms with Crippen molar-refractivity contribution in [3.8, 4) is 0 Å². The first-order chi connectivity index (χ1) is 17.0. The third-order valence-electron chi connectivity index (χ3n) is 7.10. The second-order valence-corrected chi connectivity index (χ2v) is 11.1. The van der Waals surface area contributed by atoms with Gasteiger partial charge in [-0.25, -0.2) is 0 Å². The van der Waals surface area contributed by atoms with Crippen LogP contribution in [0.25, 0.3) is 0 Å². The van der Waals surface area contributed by atoms with E-state index in [2.05, 4.69) is 35.8 Å². The van der Waals surface area contributed by atoms with E-state index in [9.17, 15) is 9.59 Å². The van der Waals surface area contributed by atoms with Crippen LogP contribution in [-0.2, 0) is 24.7 Å². The topological polar surface area (TPSA) is 119 Å². The van der Waals surface area contributed by atoms with Gasteiger partial charge in [0.1, 0.15) is 17.1 Å². The predicted octanol–water partition coefficient (Wildman–Crippen LogP) is 3.34. The van der Waals surface area contributed by atoms with Gasteiger partial charge in [-0.15, -0.1) is 21.5 Å². The molecule has 2 fully saturated rings. The lowest BCUT2D eigenvalue weighted by atomic mass is 9.91. The van der Waals surface area contributed by atoms with Gasteiger partial charge >= 0.3 is 0 Å². The molecule has 1 atom stereocenters. The summed E-state index contributed by atoms with van der Waals surface area (Å²) in [5.74, 6) is 2.13. The number of rotatable bonds is 8. The van der Waals surface area contributed by atoms with E-state index in [1.165, 1.54) is 17.7 Å². The van der Waals surface area contributed by atoms with E-state index < -0.39 is 0 Å². The molecule has 1 unspecified atom stereocenters. The molecular weight excluding hydrogens is 464 g/mol. The first-order valence-corrected chi connectivity index (χ1v) is 13.2. The molecule has 3 aliphatic rings. The number of nitrogens with zero attached hydrogens (tertiary/aromatic N) is 5. The Morgan fingerprint density at radius 3 is 2.74 bits per heavy atom. The minimum absolute atomic E-state index is 0.0353. The Bertz CT molecular complexity index is 1280. The third-order valence-corrected chi connectivity index (χ3v) is 8.31. The van der Waals surface area contributed by atoms with Crippen molar-refractivity contribution < 1.29 is 9.59 Å². The Hall–Kier alpha value is -3.21. The summed E-state index contributed by atoms with van der Waals surface area (Å²) in [7, 11) is 1.89. The Morgan fingerprint density at radius 1 is 1.20 bits per heavy atom. The van der Waals surface area contributed by atoms with Crippen molar-refractivity contribution in [3.05, 3.63) is 34.1 Å². The molecule has 0 aliphatic heterocycles. The molecule has 6 rings (SSSR count). The van der Waals surface area contributed by atoms with Crippen molar-refractivity contribution in [1.82, 2.24) is 29.9 Å². The Kier molecular flexibility index (Phi) is 5.58. The average molecular weight is 495 g/mol. The summed E-state index contributed by atoms with van der Waals surface area (Å²) < 4.78 is 3.83. The van der Waals surface area contributed by atoms with Crippen LogP contribution in [0.3, 0.4) is 0 Å². The zero-order chi connectivity index (χ0) is 24.1. The van der Waals surface area contributed by atoms with Crippen molar-refractivity contribution in [1.29, 1.82) is 0 Å². The highest BCUT2D eigenvalue weighted by Gasteiger charge is 2.35. The molecule has 0 bridgehead atoms. The molecule has 0 saturated heterocycles. The van der Waals surface area contributed by atoms with Crippen LogP contribution in [0.4, 0.5) is 16.8 Å². The van der Waals surface area contributed by atoms with Crippen molar-refractivity contribution in [2.75, 3.05) is 17.2 Å². The van der Waals surface area contributed by atoms with Crippen LogP contribution in [0.2, 0.25) is 0 Å². The van der Waals surface area contributed by atoms with E-state index in [0.29, 0.717) is 35.4 Å². The summed E-state index contributed by atoms with van der Waals surface area (Å²) >= 11 is 1.56. The highest BCUT2D eigenvalue weighted by atomic mass is 32.1. The number of aryl methyl sites for hydroxylation is 3. The minimum atomic E-state index is -0.0754. The molecule has 35 heavy (non-hydrogen) atoms. The molecular formula is C24H30N8O2S. The van der Waals surface area contributed by atoms with Crippen LogP contribution in [-0.4, -0.2) is 42.9 Å². The van der Waals surface area contributed by atoms with Crippen LogP contribution in [0.15, 0.2) is 12.4 Å². The van der Waals surface area contributed by atoms with Gasteiger partial charge in [0.05, 0.1) is 11.3 Å². The first kappa shape index (κ1) is 22.3. The number of hydrogen-bond donors (Lipinski definition) is 3. The summed E-state index contributed by atoms with van der Waals surface area (Å²) in [5, 5.41) is 23.1. The van der Waals surface area contributed by atoms with Gasteiger partial charge in [0.15, 0.2) is 0 Å². The van der Waals surface area contributed by atoms with Gasteiger partial charge in [0.25, 0.3) is 5.91 Å². The highest BCUT2D eigenvalue weighted by Crippen LogP contribution is 2.42. The predicted molar refractivity (Wildman–Crippen MR) is 133 cm³/mol. The zero-order valence-electron chi connectivity index (χ0n) is 20.0. The summed E-state index contributed by atoms with van der Waals surface area (Å²) in [6.45, 7) is 2.65. The van der Waals surface area contributed by atoms with Gasteiger partial charge in [0, 0.05) is 36.5 Å².